The van der Waals surface area contributed by atoms with Crippen LogP contribution >= 0.6 is 12.4 Å². The van der Waals surface area contributed by atoms with Gasteiger partial charge in [-0.15, -0.1) is 12.4 Å². The molecule has 0 spiro atoms. The van der Waals surface area contributed by atoms with Gasteiger partial charge in [-0.3, -0.25) is 4.79 Å². The molecule has 3 nitrogen and oxygen atoms in total. The molecule has 0 bridgehead atoms. The summed E-state index contributed by atoms with van der Waals surface area (Å²) < 4.78 is 0. The largest absolute Gasteiger partial charge is 0.354 e. The number of nitrogens with two attached hydrogens (primary N) is 1. The molecule has 0 aliphatic carbocycles. The minimum Gasteiger partial charge on any atom is -0.354 e. The summed E-state index contributed by atoms with van der Waals surface area (Å²) in [5.74, 6) is -0.0710. The lowest BCUT2D eigenvalue weighted by Crippen LogP contribution is -2.53. The molecule has 1 unspecified atom stereocenters. The lowest BCUT2D eigenvalue weighted by Gasteiger charge is -2.29. The van der Waals surface area contributed by atoms with Crippen molar-refractivity contribution < 1.29 is 4.79 Å². The fourth-order valence-corrected chi connectivity index (χ4v) is 2.13. The van der Waals surface area contributed by atoms with Crippen molar-refractivity contribution in [2.75, 3.05) is 6.54 Å². The van der Waals surface area contributed by atoms with Crippen LogP contribution in [0.15, 0.2) is 30.3 Å². The van der Waals surface area contributed by atoms with Crippen LogP contribution in [-0.2, 0) is 10.2 Å². The molecule has 0 fully saturated rings. The predicted molar refractivity (Wildman–Crippen MR) is 87.2 cm³/mol. The molecule has 0 radical (unpaired) electrons. The monoisotopic (exact) mass is 298 g/mol. The molecular formula is C16H27ClN2O. The van der Waals surface area contributed by atoms with Crippen LogP contribution in [0.1, 0.15) is 46.1 Å². The topological polar surface area (TPSA) is 55.1 Å². The van der Waals surface area contributed by atoms with E-state index in [1.807, 2.05) is 25.1 Å². The summed E-state index contributed by atoms with van der Waals surface area (Å²) in [5, 5.41) is 2.98. The Balaban J connectivity index is 0.00000361. The van der Waals surface area contributed by atoms with E-state index in [4.69, 9.17) is 5.73 Å². The summed E-state index contributed by atoms with van der Waals surface area (Å²) in [5.41, 5.74) is 6.37. The maximum atomic E-state index is 12.1. The minimum absolute atomic E-state index is 0. The van der Waals surface area contributed by atoms with E-state index in [1.54, 1.807) is 6.92 Å². The normalized spacial score (nSPS) is 14.1. The average Bonchev–Trinajstić information content (AvgIpc) is 2.37. The number of halogens is 1. The molecule has 1 aromatic carbocycles. The first kappa shape index (κ1) is 18.9. The lowest BCUT2D eigenvalue weighted by molar-refractivity contribution is -0.126. The molecule has 1 amide bonds. The molecule has 0 aromatic heterocycles. The second kappa shape index (κ2) is 7.65. The van der Waals surface area contributed by atoms with Gasteiger partial charge in [-0.2, -0.15) is 0 Å². The Morgan fingerprint density at radius 2 is 1.75 bits per heavy atom. The number of hydrogen-bond donors (Lipinski definition) is 2. The first-order chi connectivity index (χ1) is 8.79. The average molecular weight is 299 g/mol. The smallest absolute Gasteiger partial charge is 0.239 e. The van der Waals surface area contributed by atoms with Crippen LogP contribution in [0.5, 0.6) is 0 Å². The third kappa shape index (κ3) is 5.14. The van der Waals surface area contributed by atoms with Crippen LogP contribution in [0.2, 0.25) is 0 Å². The van der Waals surface area contributed by atoms with Gasteiger partial charge in [-0.25, -0.2) is 0 Å². The van der Waals surface area contributed by atoms with Crippen molar-refractivity contribution in [1.82, 2.24) is 5.32 Å². The van der Waals surface area contributed by atoms with Crippen molar-refractivity contribution in [2.45, 2.75) is 51.5 Å². The van der Waals surface area contributed by atoms with Gasteiger partial charge >= 0.3 is 0 Å². The fourth-order valence-electron chi connectivity index (χ4n) is 2.13. The molecule has 114 valence electrons. The van der Waals surface area contributed by atoms with E-state index in [2.05, 4.69) is 31.3 Å². The Morgan fingerprint density at radius 1 is 1.20 bits per heavy atom. The summed E-state index contributed by atoms with van der Waals surface area (Å²) >= 11 is 0. The second-order valence-electron chi connectivity index (χ2n) is 6.10. The number of nitrogens with one attached hydrogen (secondary N) is 1. The Labute approximate surface area is 128 Å². The van der Waals surface area contributed by atoms with Gasteiger partial charge in [0.1, 0.15) is 0 Å². The highest BCUT2D eigenvalue weighted by atomic mass is 35.5. The van der Waals surface area contributed by atoms with Gasteiger partial charge in [0.05, 0.1) is 5.54 Å². The Hall–Kier alpha value is -1.06. The number of carbonyl (C=O) groups is 1. The Bertz CT molecular complexity index is 416. The molecule has 0 aliphatic heterocycles. The van der Waals surface area contributed by atoms with E-state index >= 15 is 0 Å². The van der Waals surface area contributed by atoms with Crippen LogP contribution in [0.4, 0.5) is 0 Å². The molecule has 0 saturated heterocycles. The number of benzene rings is 1. The number of hydrogen-bond acceptors (Lipinski definition) is 2. The maximum Gasteiger partial charge on any atom is 0.239 e. The molecule has 1 aromatic rings. The van der Waals surface area contributed by atoms with Crippen LogP contribution in [0.25, 0.3) is 0 Å². The van der Waals surface area contributed by atoms with Gasteiger partial charge in [0, 0.05) is 12.0 Å². The van der Waals surface area contributed by atoms with Gasteiger partial charge in [0.25, 0.3) is 0 Å². The van der Waals surface area contributed by atoms with Gasteiger partial charge in [-0.1, -0.05) is 57.5 Å². The molecule has 1 atom stereocenters. The summed E-state index contributed by atoms with van der Waals surface area (Å²) in [6.45, 7) is 8.66. The molecular weight excluding hydrogens is 272 g/mol. The molecule has 0 saturated carbocycles. The number of amides is 1. The summed E-state index contributed by atoms with van der Waals surface area (Å²) in [6.07, 6.45) is 1.60. The van der Waals surface area contributed by atoms with E-state index < -0.39 is 5.54 Å². The lowest BCUT2D eigenvalue weighted by atomic mass is 9.84. The standard InChI is InChI=1S/C16H26N2O.ClH/c1-5-11-16(4,17)14(19)18-12-15(2,3)13-9-7-6-8-10-13;/h6-10H,5,11-12,17H2,1-4H3,(H,18,19);1H. The third-order valence-electron chi connectivity index (χ3n) is 3.53. The minimum atomic E-state index is -0.776. The zero-order valence-corrected chi connectivity index (χ0v) is 13.7. The molecule has 1 rings (SSSR count). The SMILES string of the molecule is CCCC(C)(N)C(=O)NCC(C)(C)c1ccccc1.Cl. The highest BCUT2D eigenvalue weighted by Crippen LogP contribution is 2.22. The first-order valence-electron chi connectivity index (χ1n) is 6.92. The molecule has 0 aliphatic rings. The highest BCUT2D eigenvalue weighted by molar-refractivity contribution is 5.85. The summed E-state index contributed by atoms with van der Waals surface area (Å²) in [7, 11) is 0. The van der Waals surface area contributed by atoms with Gasteiger partial charge in [0.2, 0.25) is 5.91 Å². The van der Waals surface area contributed by atoms with Crippen molar-refractivity contribution in [2.24, 2.45) is 5.73 Å². The molecule has 3 N–H and O–H groups in total. The first-order valence-corrected chi connectivity index (χ1v) is 6.92. The Kier molecular flexibility index (Phi) is 7.25. The van der Waals surface area contributed by atoms with Crippen molar-refractivity contribution in [3.05, 3.63) is 35.9 Å². The van der Waals surface area contributed by atoms with E-state index in [0.29, 0.717) is 13.0 Å². The Morgan fingerprint density at radius 3 is 2.25 bits per heavy atom. The predicted octanol–water partition coefficient (Wildman–Crippen LogP) is 3.02. The van der Waals surface area contributed by atoms with Crippen LogP contribution in [0.3, 0.4) is 0 Å². The van der Waals surface area contributed by atoms with Crippen molar-refractivity contribution in [3.8, 4) is 0 Å². The second-order valence-corrected chi connectivity index (χ2v) is 6.10. The van der Waals surface area contributed by atoms with E-state index in [-0.39, 0.29) is 23.7 Å². The quantitative estimate of drug-likeness (QED) is 0.848. The van der Waals surface area contributed by atoms with E-state index in [9.17, 15) is 4.79 Å². The highest BCUT2D eigenvalue weighted by Gasteiger charge is 2.29. The van der Waals surface area contributed by atoms with Crippen molar-refractivity contribution in [1.29, 1.82) is 0 Å². The van der Waals surface area contributed by atoms with Crippen molar-refractivity contribution in [3.63, 3.8) is 0 Å². The van der Waals surface area contributed by atoms with Crippen molar-refractivity contribution >= 4 is 18.3 Å². The molecule has 0 heterocycles. The number of carbonyl (C=O) groups excluding carboxylic acids is 1. The maximum absolute atomic E-state index is 12.1. The number of rotatable bonds is 6. The van der Waals surface area contributed by atoms with Gasteiger partial charge < -0.3 is 11.1 Å². The van der Waals surface area contributed by atoms with E-state index in [0.717, 1.165) is 6.42 Å². The zero-order valence-electron chi connectivity index (χ0n) is 12.9. The fraction of sp³-hybridized carbons (Fsp3) is 0.562. The summed E-state index contributed by atoms with van der Waals surface area (Å²) in [6, 6.07) is 10.2. The molecule has 20 heavy (non-hydrogen) atoms. The zero-order chi connectivity index (χ0) is 14.5. The van der Waals surface area contributed by atoms with E-state index in [1.165, 1.54) is 5.56 Å². The van der Waals surface area contributed by atoms with Gasteiger partial charge in [0.15, 0.2) is 0 Å². The van der Waals surface area contributed by atoms with Crippen LogP contribution in [-0.4, -0.2) is 18.0 Å². The van der Waals surface area contributed by atoms with Gasteiger partial charge in [-0.05, 0) is 18.9 Å². The third-order valence-corrected chi connectivity index (χ3v) is 3.53. The molecule has 4 heteroatoms. The summed E-state index contributed by atoms with van der Waals surface area (Å²) in [4.78, 5) is 12.1. The van der Waals surface area contributed by atoms with Crippen LogP contribution in [0, 0.1) is 0 Å². The van der Waals surface area contributed by atoms with Crippen LogP contribution < -0.4 is 11.1 Å².